The molecule has 2 aromatic rings. The van der Waals surface area contributed by atoms with Gasteiger partial charge in [0.25, 0.3) is 0 Å². The molecule has 0 heterocycles. The lowest BCUT2D eigenvalue weighted by Gasteiger charge is -2.06. The van der Waals surface area contributed by atoms with E-state index in [2.05, 4.69) is 47.0 Å². The molecule has 2 rings (SSSR count). The van der Waals surface area contributed by atoms with Crippen molar-refractivity contribution in [3.8, 4) is 0 Å². The van der Waals surface area contributed by atoms with Crippen LogP contribution in [-0.2, 0) is 17.6 Å². The largest absolute Gasteiger partial charge is 0.325 e. The summed E-state index contributed by atoms with van der Waals surface area (Å²) >= 11 is 0. The van der Waals surface area contributed by atoms with Gasteiger partial charge in [0.1, 0.15) is 0 Å². The first-order valence-corrected chi connectivity index (χ1v) is 7.35. The quantitative estimate of drug-likeness (QED) is 0.819. The Morgan fingerprint density at radius 3 is 2.14 bits per heavy atom. The van der Waals surface area contributed by atoms with Crippen LogP contribution < -0.4 is 10.6 Å². The van der Waals surface area contributed by atoms with E-state index >= 15 is 0 Å². The molecule has 0 aliphatic carbocycles. The maximum absolute atomic E-state index is 11.5. The van der Waals surface area contributed by atoms with Gasteiger partial charge in [0.2, 0.25) is 5.91 Å². The van der Waals surface area contributed by atoms with Crippen molar-refractivity contribution in [1.29, 1.82) is 0 Å². The van der Waals surface area contributed by atoms with Crippen LogP contribution in [0.5, 0.6) is 0 Å². The third-order valence-electron chi connectivity index (χ3n) is 3.35. The van der Waals surface area contributed by atoms with Gasteiger partial charge in [-0.2, -0.15) is 0 Å². The molecule has 0 aliphatic rings. The number of aryl methyl sites for hydroxylation is 2. The van der Waals surface area contributed by atoms with Gasteiger partial charge in [-0.1, -0.05) is 42.5 Å². The topological polar surface area (TPSA) is 41.1 Å². The molecule has 21 heavy (non-hydrogen) atoms. The first kappa shape index (κ1) is 15.3. The van der Waals surface area contributed by atoms with E-state index in [9.17, 15) is 4.79 Å². The Labute approximate surface area is 126 Å². The van der Waals surface area contributed by atoms with Crippen molar-refractivity contribution >= 4 is 11.6 Å². The maximum Gasteiger partial charge on any atom is 0.238 e. The highest BCUT2D eigenvalue weighted by Gasteiger charge is 2.00. The van der Waals surface area contributed by atoms with Crippen LogP contribution in [0.15, 0.2) is 54.6 Å². The predicted octanol–water partition coefficient (Wildman–Crippen LogP) is 3.02. The van der Waals surface area contributed by atoms with Crippen molar-refractivity contribution in [3.05, 3.63) is 65.7 Å². The Morgan fingerprint density at radius 1 is 0.905 bits per heavy atom. The van der Waals surface area contributed by atoms with E-state index in [4.69, 9.17) is 0 Å². The minimum Gasteiger partial charge on any atom is -0.325 e. The molecule has 0 atom stereocenters. The number of rotatable bonds is 7. The van der Waals surface area contributed by atoms with Crippen LogP contribution in [-0.4, -0.2) is 19.5 Å². The zero-order valence-corrected chi connectivity index (χ0v) is 12.4. The molecule has 0 bridgehead atoms. The molecule has 1 amide bonds. The van der Waals surface area contributed by atoms with Crippen LogP contribution in [0.25, 0.3) is 0 Å². The summed E-state index contributed by atoms with van der Waals surface area (Å²) in [4.78, 5) is 11.5. The minimum atomic E-state index is -0.0191. The van der Waals surface area contributed by atoms with Gasteiger partial charge in [0, 0.05) is 5.69 Å². The van der Waals surface area contributed by atoms with Crippen molar-refractivity contribution in [2.45, 2.75) is 19.3 Å². The van der Waals surface area contributed by atoms with Crippen LogP contribution in [0.3, 0.4) is 0 Å². The van der Waals surface area contributed by atoms with Crippen molar-refractivity contribution in [2.24, 2.45) is 0 Å². The molecule has 0 radical (unpaired) electrons. The highest BCUT2D eigenvalue weighted by atomic mass is 16.1. The number of nitrogens with one attached hydrogen (secondary N) is 2. The van der Waals surface area contributed by atoms with E-state index in [-0.39, 0.29) is 5.91 Å². The van der Waals surface area contributed by atoms with Gasteiger partial charge >= 0.3 is 0 Å². The van der Waals surface area contributed by atoms with E-state index in [1.807, 2.05) is 18.2 Å². The Morgan fingerprint density at radius 2 is 1.52 bits per heavy atom. The van der Waals surface area contributed by atoms with Gasteiger partial charge < -0.3 is 10.6 Å². The molecule has 0 aliphatic heterocycles. The highest BCUT2D eigenvalue weighted by Crippen LogP contribution is 2.12. The SMILES string of the molecule is CNCC(=O)Nc1ccc(CCCc2ccccc2)cc1. The predicted molar refractivity (Wildman–Crippen MR) is 87.5 cm³/mol. The number of benzene rings is 2. The first-order chi connectivity index (χ1) is 10.3. The smallest absolute Gasteiger partial charge is 0.238 e. The van der Waals surface area contributed by atoms with E-state index < -0.39 is 0 Å². The molecule has 0 fully saturated rings. The second kappa shape index (κ2) is 8.22. The molecule has 2 aromatic carbocycles. The number of hydrogen-bond donors (Lipinski definition) is 2. The molecule has 0 unspecified atom stereocenters. The lowest BCUT2D eigenvalue weighted by molar-refractivity contribution is -0.115. The molecule has 0 spiro atoms. The van der Waals surface area contributed by atoms with Crippen LogP contribution in [0.2, 0.25) is 0 Å². The van der Waals surface area contributed by atoms with E-state index in [0.29, 0.717) is 6.54 Å². The average Bonchev–Trinajstić information content (AvgIpc) is 2.50. The van der Waals surface area contributed by atoms with Crippen LogP contribution in [0.4, 0.5) is 5.69 Å². The summed E-state index contributed by atoms with van der Waals surface area (Å²) in [7, 11) is 1.76. The number of amides is 1. The van der Waals surface area contributed by atoms with Crippen LogP contribution in [0.1, 0.15) is 17.5 Å². The normalized spacial score (nSPS) is 10.3. The van der Waals surface area contributed by atoms with Gasteiger partial charge in [-0.15, -0.1) is 0 Å². The number of carbonyl (C=O) groups excluding carboxylic acids is 1. The molecule has 3 heteroatoms. The van der Waals surface area contributed by atoms with Crippen molar-refractivity contribution in [2.75, 3.05) is 18.9 Å². The fraction of sp³-hybridized carbons (Fsp3) is 0.278. The lowest BCUT2D eigenvalue weighted by Crippen LogP contribution is -2.24. The first-order valence-electron chi connectivity index (χ1n) is 7.35. The lowest BCUT2D eigenvalue weighted by atomic mass is 10.0. The summed E-state index contributed by atoms with van der Waals surface area (Å²) in [6, 6.07) is 18.6. The summed E-state index contributed by atoms with van der Waals surface area (Å²) < 4.78 is 0. The van der Waals surface area contributed by atoms with E-state index in [1.165, 1.54) is 11.1 Å². The minimum absolute atomic E-state index is 0.0191. The fourth-order valence-corrected chi connectivity index (χ4v) is 2.26. The van der Waals surface area contributed by atoms with Crippen LogP contribution >= 0.6 is 0 Å². The molecule has 0 saturated heterocycles. The molecular formula is C18H22N2O. The van der Waals surface area contributed by atoms with E-state index in [1.54, 1.807) is 7.05 Å². The van der Waals surface area contributed by atoms with Gasteiger partial charge in [-0.3, -0.25) is 4.79 Å². The number of likely N-dealkylation sites (N-methyl/N-ethyl adjacent to an activating group) is 1. The average molecular weight is 282 g/mol. The zero-order valence-electron chi connectivity index (χ0n) is 12.4. The third-order valence-corrected chi connectivity index (χ3v) is 3.35. The van der Waals surface area contributed by atoms with Gasteiger partial charge in [0.05, 0.1) is 6.54 Å². The summed E-state index contributed by atoms with van der Waals surface area (Å²) in [5.74, 6) is -0.0191. The standard InChI is InChI=1S/C18H22N2O/c1-19-14-18(21)20-17-12-10-16(11-13-17)9-5-8-15-6-3-2-4-7-15/h2-4,6-7,10-13,19H,5,8-9,14H2,1H3,(H,20,21). The number of hydrogen-bond acceptors (Lipinski definition) is 2. The van der Waals surface area contributed by atoms with Gasteiger partial charge in [-0.25, -0.2) is 0 Å². The Bertz CT molecular complexity index is 549. The van der Waals surface area contributed by atoms with Crippen molar-refractivity contribution in [3.63, 3.8) is 0 Å². The third kappa shape index (κ3) is 5.40. The van der Waals surface area contributed by atoms with Crippen LogP contribution in [0, 0.1) is 0 Å². The second-order valence-electron chi connectivity index (χ2n) is 5.11. The summed E-state index contributed by atoms with van der Waals surface area (Å²) in [6.07, 6.45) is 3.29. The molecular weight excluding hydrogens is 260 g/mol. The Kier molecular flexibility index (Phi) is 5.98. The van der Waals surface area contributed by atoms with Gasteiger partial charge in [-0.05, 0) is 49.6 Å². The Balaban J connectivity index is 1.78. The highest BCUT2D eigenvalue weighted by molar-refractivity contribution is 5.92. The molecule has 0 saturated carbocycles. The summed E-state index contributed by atoms with van der Waals surface area (Å²) in [5.41, 5.74) is 3.54. The number of anilines is 1. The number of carbonyl (C=O) groups is 1. The Hall–Kier alpha value is -2.13. The van der Waals surface area contributed by atoms with Crippen molar-refractivity contribution < 1.29 is 4.79 Å². The van der Waals surface area contributed by atoms with Crippen molar-refractivity contribution in [1.82, 2.24) is 5.32 Å². The second-order valence-corrected chi connectivity index (χ2v) is 5.11. The maximum atomic E-state index is 11.5. The van der Waals surface area contributed by atoms with E-state index in [0.717, 1.165) is 24.9 Å². The summed E-state index contributed by atoms with van der Waals surface area (Å²) in [6.45, 7) is 0.332. The van der Waals surface area contributed by atoms with Gasteiger partial charge in [0.15, 0.2) is 0 Å². The summed E-state index contributed by atoms with van der Waals surface area (Å²) in [5, 5.41) is 5.68. The molecule has 110 valence electrons. The monoisotopic (exact) mass is 282 g/mol. The molecule has 2 N–H and O–H groups in total. The zero-order chi connectivity index (χ0) is 14.9. The fourth-order valence-electron chi connectivity index (χ4n) is 2.26. The molecule has 0 aromatic heterocycles. The molecule has 3 nitrogen and oxygen atoms in total.